The van der Waals surface area contributed by atoms with Crippen molar-refractivity contribution in [1.82, 2.24) is 0 Å². The highest BCUT2D eigenvalue weighted by molar-refractivity contribution is 7.24. The van der Waals surface area contributed by atoms with Crippen LogP contribution >= 0.6 is 0 Å². The fourth-order valence-electron chi connectivity index (χ4n) is 12.3. The van der Waals surface area contributed by atoms with Crippen molar-refractivity contribution in [2.24, 2.45) is 0 Å². The lowest BCUT2D eigenvalue weighted by atomic mass is 9.64. The second-order valence-corrected chi connectivity index (χ2v) is 24.1. The van der Waals surface area contributed by atoms with Gasteiger partial charge in [-0.1, -0.05) is 199 Å². The van der Waals surface area contributed by atoms with Gasteiger partial charge in [-0.15, -0.1) is 0 Å². The van der Waals surface area contributed by atoms with Crippen LogP contribution in [0.3, 0.4) is 0 Å². The summed E-state index contributed by atoms with van der Waals surface area (Å²) in [6, 6.07) is 73.4. The molecule has 9 aromatic carbocycles. The minimum atomic E-state index is -2.85. The Balaban J connectivity index is 1.14. The first kappa shape index (κ1) is 36.9. The van der Waals surface area contributed by atoms with E-state index in [2.05, 4.69) is 234 Å². The molecule has 9 aromatic rings. The molecule has 0 atom stereocenters. The van der Waals surface area contributed by atoms with Gasteiger partial charge >= 0.3 is 0 Å². The lowest BCUT2D eigenvalue weighted by Gasteiger charge is -2.45. The van der Waals surface area contributed by atoms with E-state index in [1.807, 2.05) is 0 Å². The third-order valence-corrected chi connectivity index (χ3v) is 20.1. The number of hydrogen-bond acceptors (Lipinski definition) is 1. The molecule has 0 N–H and O–H groups in total. The van der Waals surface area contributed by atoms with Crippen molar-refractivity contribution >= 4 is 56.7 Å². The number of nitrogens with zero attached hydrogens (tertiary/aromatic N) is 1. The normalized spacial score (nSPS) is 15.4. The molecular formula is C61H49NSi. The first-order valence-corrected chi connectivity index (χ1v) is 24.7. The highest BCUT2D eigenvalue weighted by Crippen LogP contribution is 2.64. The minimum absolute atomic E-state index is 0.0101. The Morgan fingerprint density at radius 2 is 0.810 bits per heavy atom. The zero-order chi connectivity index (χ0) is 42.6. The summed E-state index contributed by atoms with van der Waals surface area (Å²) in [5.41, 5.74) is 19.6. The van der Waals surface area contributed by atoms with Gasteiger partial charge in [0.25, 0.3) is 0 Å². The second kappa shape index (κ2) is 12.5. The zero-order valence-corrected chi connectivity index (χ0v) is 37.8. The Morgan fingerprint density at radius 1 is 0.349 bits per heavy atom. The number of hydrogen-bond donors (Lipinski definition) is 0. The predicted octanol–water partition coefficient (Wildman–Crippen LogP) is 12.9. The van der Waals surface area contributed by atoms with Crippen LogP contribution in [0.5, 0.6) is 0 Å². The summed E-state index contributed by atoms with van der Waals surface area (Å²) in [7, 11) is -2.85. The fourth-order valence-corrected chi connectivity index (χ4v) is 18.0. The minimum Gasteiger partial charge on any atom is -0.310 e. The average Bonchev–Trinajstić information content (AvgIpc) is 3.88. The Morgan fingerprint density at radius 3 is 1.41 bits per heavy atom. The van der Waals surface area contributed by atoms with Gasteiger partial charge in [-0.25, -0.2) is 0 Å². The van der Waals surface area contributed by atoms with Gasteiger partial charge in [0.2, 0.25) is 0 Å². The number of fused-ring (bicyclic) bond motifs is 20. The molecule has 13 rings (SSSR count). The average molecular weight is 824 g/mol. The molecule has 302 valence electrons. The predicted molar refractivity (Wildman–Crippen MR) is 268 cm³/mol. The van der Waals surface area contributed by atoms with Crippen molar-refractivity contribution in [1.29, 1.82) is 0 Å². The first-order chi connectivity index (χ1) is 30.5. The molecule has 4 aliphatic rings. The quantitative estimate of drug-likeness (QED) is 0.149. The van der Waals surface area contributed by atoms with Gasteiger partial charge in [0.15, 0.2) is 8.07 Å². The summed E-state index contributed by atoms with van der Waals surface area (Å²) in [5.74, 6) is 0. The van der Waals surface area contributed by atoms with Crippen LogP contribution in [-0.2, 0) is 16.2 Å². The van der Waals surface area contributed by atoms with Crippen LogP contribution in [0.2, 0.25) is 0 Å². The molecule has 0 saturated carbocycles. The van der Waals surface area contributed by atoms with Crippen molar-refractivity contribution < 1.29 is 0 Å². The van der Waals surface area contributed by atoms with Gasteiger partial charge in [0, 0.05) is 5.69 Å². The summed E-state index contributed by atoms with van der Waals surface area (Å²) >= 11 is 0. The number of benzene rings is 9. The molecule has 1 nitrogen and oxygen atoms in total. The molecule has 3 heterocycles. The molecule has 0 unspecified atom stereocenters. The Hall–Kier alpha value is -6.74. The van der Waals surface area contributed by atoms with Crippen LogP contribution in [0.25, 0.3) is 44.2 Å². The molecule has 0 saturated heterocycles. The standard InChI is InChI=1S/C61H49NSi/c1-59(2,3)40-27-30-46-47-31-28-41(60(4,5)6)36-57(47)63(56(46)35-40)55-26-16-11-21-45(55)48-32-29-42(37-58(48)63)62-53-25-15-14-24-51(53)61(52-33-38-17-7-8-18-39(38)34-54(52)62)49-22-12-9-19-43(49)44-20-10-13-23-50(44)61/h7-37H,1-6H3. The maximum absolute atomic E-state index is 2.85. The molecular weight excluding hydrogens is 775 g/mol. The smallest absolute Gasteiger partial charge is 0.182 e. The summed E-state index contributed by atoms with van der Waals surface area (Å²) in [6.45, 7) is 14.2. The third kappa shape index (κ3) is 4.67. The second-order valence-electron chi connectivity index (χ2n) is 20.5. The van der Waals surface area contributed by atoms with E-state index in [-0.39, 0.29) is 10.8 Å². The molecule has 0 radical (unpaired) electrons. The molecule has 3 aliphatic heterocycles. The topological polar surface area (TPSA) is 3.24 Å². The summed E-state index contributed by atoms with van der Waals surface area (Å²) < 4.78 is 0. The van der Waals surface area contributed by atoms with Gasteiger partial charge in [-0.3, -0.25) is 0 Å². The van der Waals surface area contributed by atoms with E-state index in [0.717, 1.165) is 0 Å². The third-order valence-electron chi connectivity index (χ3n) is 15.2. The van der Waals surface area contributed by atoms with Crippen molar-refractivity contribution in [3.8, 4) is 33.4 Å². The molecule has 0 fully saturated rings. The maximum Gasteiger partial charge on any atom is 0.182 e. The van der Waals surface area contributed by atoms with Crippen LogP contribution in [0.15, 0.2) is 188 Å². The molecule has 63 heavy (non-hydrogen) atoms. The van der Waals surface area contributed by atoms with Crippen molar-refractivity contribution in [3.63, 3.8) is 0 Å². The summed E-state index contributed by atoms with van der Waals surface area (Å²) in [5, 5.41) is 8.58. The fraction of sp³-hybridized carbons (Fsp3) is 0.148. The van der Waals surface area contributed by atoms with Crippen LogP contribution in [0.4, 0.5) is 17.1 Å². The Kier molecular flexibility index (Phi) is 7.29. The van der Waals surface area contributed by atoms with E-state index < -0.39 is 13.5 Å². The maximum atomic E-state index is 2.64. The van der Waals surface area contributed by atoms with E-state index >= 15 is 0 Å². The lowest BCUT2D eigenvalue weighted by Crippen LogP contribution is -2.71. The van der Waals surface area contributed by atoms with E-state index in [0.29, 0.717) is 0 Å². The number of rotatable bonds is 1. The van der Waals surface area contributed by atoms with E-state index in [4.69, 9.17) is 0 Å². The van der Waals surface area contributed by atoms with Crippen molar-refractivity contribution in [2.45, 2.75) is 57.8 Å². The molecule has 2 heteroatoms. The molecule has 2 spiro atoms. The van der Waals surface area contributed by atoms with Crippen LogP contribution in [0.1, 0.15) is 74.9 Å². The molecule has 1 aliphatic carbocycles. The number of para-hydroxylation sites is 1. The van der Waals surface area contributed by atoms with Gasteiger partial charge in [-0.05, 0) is 139 Å². The van der Waals surface area contributed by atoms with Crippen LogP contribution < -0.4 is 25.6 Å². The monoisotopic (exact) mass is 823 g/mol. The van der Waals surface area contributed by atoms with Gasteiger partial charge < -0.3 is 4.90 Å². The number of anilines is 3. The Bertz CT molecular complexity index is 3340. The van der Waals surface area contributed by atoms with Gasteiger partial charge in [-0.2, -0.15) is 0 Å². The lowest BCUT2D eigenvalue weighted by molar-refractivity contribution is 0.590. The summed E-state index contributed by atoms with van der Waals surface area (Å²) in [6.07, 6.45) is 0. The van der Waals surface area contributed by atoms with Crippen molar-refractivity contribution in [3.05, 3.63) is 221 Å². The zero-order valence-electron chi connectivity index (χ0n) is 36.8. The molecule has 0 aromatic heterocycles. The van der Waals surface area contributed by atoms with Gasteiger partial charge in [0.05, 0.1) is 16.8 Å². The van der Waals surface area contributed by atoms with Crippen LogP contribution in [0, 0.1) is 0 Å². The summed E-state index contributed by atoms with van der Waals surface area (Å²) in [4.78, 5) is 2.62. The largest absolute Gasteiger partial charge is 0.310 e. The van der Waals surface area contributed by atoms with E-state index in [9.17, 15) is 0 Å². The SMILES string of the molecule is CC(C)(C)c1ccc2c(c1)[Si]1(c3ccccc3-c3ccc(N4c5ccccc5C5(c6ccccc6-c6ccccc65)c5cc6ccccc6cc54)cc31)c1cc(C(C)(C)C)ccc1-2. The van der Waals surface area contributed by atoms with Gasteiger partial charge in [0.1, 0.15) is 0 Å². The Labute approximate surface area is 372 Å². The molecule has 0 bridgehead atoms. The van der Waals surface area contributed by atoms with E-state index in [1.54, 1.807) is 0 Å². The van der Waals surface area contributed by atoms with Crippen molar-refractivity contribution in [2.75, 3.05) is 4.90 Å². The van der Waals surface area contributed by atoms with E-state index in [1.165, 1.54) is 115 Å². The highest BCUT2D eigenvalue weighted by Gasteiger charge is 2.56. The molecule has 0 amide bonds. The highest BCUT2D eigenvalue weighted by atomic mass is 28.3. The first-order valence-electron chi connectivity index (χ1n) is 22.7. The van der Waals surface area contributed by atoms with Crippen LogP contribution in [-0.4, -0.2) is 8.07 Å².